The van der Waals surface area contributed by atoms with Crippen molar-refractivity contribution in [1.82, 2.24) is 4.57 Å². The van der Waals surface area contributed by atoms with Gasteiger partial charge >= 0.3 is 0 Å². The van der Waals surface area contributed by atoms with E-state index in [-0.39, 0.29) is 43.3 Å². The van der Waals surface area contributed by atoms with Crippen LogP contribution in [0.15, 0.2) is 33.5 Å². The summed E-state index contributed by atoms with van der Waals surface area (Å²) in [6, 6.07) is 10.1. The Morgan fingerprint density at radius 1 is 1.43 bits per heavy atom. The van der Waals surface area contributed by atoms with Crippen LogP contribution in [0.3, 0.4) is 0 Å². The number of rotatable bonds is 4. The van der Waals surface area contributed by atoms with Crippen LogP contribution < -0.4 is 10.3 Å². The largest absolute Gasteiger partial charge is 0.481 e. The zero-order valence-electron chi connectivity index (χ0n) is 12.8. The van der Waals surface area contributed by atoms with Gasteiger partial charge in [-0.2, -0.15) is 23.7 Å². The van der Waals surface area contributed by atoms with E-state index in [1.54, 1.807) is 11.5 Å². The van der Waals surface area contributed by atoms with Crippen LogP contribution in [-0.2, 0) is 39.3 Å². The second-order valence-electron chi connectivity index (χ2n) is 4.39. The van der Waals surface area contributed by atoms with Crippen LogP contribution >= 0.6 is 27.5 Å². The molecule has 1 radical (unpaired) electrons. The number of nitrogens with zero attached hydrogens (tertiary/aromatic N) is 1. The summed E-state index contributed by atoms with van der Waals surface area (Å²) in [5.41, 5.74) is 1.32. The predicted octanol–water partition coefficient (Wildman–Crippen LogP) is 4.15. The minimum atomic E-state index is -0.219. The Morgan fingerprint density at radius 3 is 2.78 bits per heavy atom. The summed E-state index contributed by atoms with van der Waals surface area (Å²) >= 11 is 9.39. The van der Waals surface area contributed by atoms with E-state index in [0.29, 0.717) is 24.6 Å². The molecule has 0 aliphatic rings. The Labute approximate surface area is 174 Å². The number of hydrogen-bond donors (Lipinski definition) is 0. The summed E-state index contributed by atoms with van der Waals surface area (Å²) in [5, 5.41) is 0.166. The van der Waals surface area contributed by atoms with Gasteiger partial charge in [0.15, 0.2) is 0 Å². The average molecular weight is 469 g/mol. The average Bonchev–Trinajstić information content (AvgIpc) is 2.51. The molecule has 0 saturated heterocycles. The van der Waals surface area contributed by atoms with Crippen molar-refractivity contribution < 1.29 is 37.4 Å². The van der Waals surface area contributed by atoms with Gasteiger partial charge < -0.3 is 9.30 Å². The van der Waals surface area contributed by atoms with E-state index >= 15 is 0 Å². The molecule has 1 aromatic carbocycles. The number of benzene rings is 1. The smallest absolute Gasteiger partial charge is 0.212 e. The summed E-state index contributed by atoms with van der Waals surface area (Å²) in [5.74, 6) is 6.32. The molecule has 0 amide bonds. The van der Waals surface area contributed by atoms with Crippen molar-refractivity contribution in [1.29, 1.82) is 0 Å². The Kier molecular flexibility index (Phi) is 8.57. The third-order valence-electron chi connectivity index (χ3n) is 3.05. The molecule has 23 heavy (non-hydrogen) atoms. The van der Waals surface area contributed by atoms with Gasteiger partial charge in [-0.3, -0.25) is 4.79 Å². The molecule has 0 atom stereocenters. The van der Waals surface area contributed by atoms with Gasteiger partial charge in [0.1, 0.15) is 12.4 Å². The standard InChI is InChI=1S/C17H14BrClNO2.Y/c1-3-5-10-22-12-6-7-13(14(18)11-12)16-9-8-15(19)17(21)20(16)4-2;/h6-8,11H,4,10H2,1-2H3;/q-1;. The summed E-state index contributed by atoms with van der Waals surface area (Å²) in [6.45, 7) is 4.52. The van der Waals surface area contributed by atoms with Gasteiger partial charge in [-0.25, -0.2) is 0 Å². The molecule has 1 heterocycles. The number of halogens is 2. The minimum Gasteiger partial charge on any atom is -0.481 e. The van der Waals surface area contributed by atoms with Crippen molar-refractivity contribution in [2.24, 2.45) is 0 Å². The first-order valence-corrected chi connectivity index (χ1v) is 7.89. The van der Waals surface area contributed by atoms with Gasteiger partial charge in [-0.15, -0.1) is 12.0 Å². The zero-order valence-corrected chi connectivity index (χ0v) is 18.0. The maximum Gasteiger partial charge on any atom is 0.212 e. The summed E-state index contributed by atoms with van der Waals surface area (Å²) in [6.07, 6.45) is 0. The van der Waals surface area contributed by atoms with E-state index < -0.39 is 0 Å². The monoisotopic (exact) mass is 467 g/mol. The van der Waals surface area contributed by atoms with Crippen LogP contribution in [0.4, 0.5) is 0 Å². The first-order valence-electron chi connectivity index (χ1n) is 6.71. The molecule has 3 nitrogen and oxygen atoms in total. The molecular formula is C17H14BrClNO2Y-. The van der Waals surface area contributed by atoms with E-state index in [9.17, 15) is 4.79 Å². The van der Waals surface area contributed by atoms with Crippen molar-refractivity contribution >= 4 is 27.5 Å². The number of ether oxygens (including phenoxy) is 1. The third-order valence-corrected chi connectivity index (χ3v) is 3.98. The molecule has 0 aliphatic heterocycles. The summed E-state index contributed by atoms with van der Waals surface area (Å²) in [7, 11) is 0. The Balaban J connectivity index is 0.00000264. The molecule has 117 valence electrons. The van der Waals surface area contributed by atoms with Gasteiger partial charge in [0.25, 0.3) is 0 Å². The summed E-state index contributed by atoms with van der Waals surface area (Å²) < 4.78 is 7.92. The Bertz CT molecular complexity index is 808. The van der Waals surface area contributed by atoms with Gasteiger partial charge in [0, 0.05) is 44.3 Å². The molecular weight excluding hydrogens is 454 g/mol. The van der Waals surface area contributed by atoms with E-state index in [1.165, 1.54) is 6.07 Å². The van der Waals surface area contributed by atoms with E-state index in [1.807, 2.05) is 25.1 Å². The normalized spacial score (nSPS) is 9.57. The fourth-order valence-electron chi connectivity index (χ4n) is 2.00. The minimum absolute atomic E-state index is 0. The van der Waals surface area contributed by atoms with Crippen molar-refractivity contribution in [2.45, 2.75) is 20.4 Å². The fourth-order valence-corrected chi connectivity index (χ4v) is 2.70. The number of hydrogen-bond acceptors (Lipinski definition) is 2. The van der Waals surface area contributed by atoms with Crippen LogP contribution in [0.25, 0.3) is 11.3 Å². The fraction of sp³-hybridized carbons (Fsp3) is 0.235. The van der Waals surface area contributed by atoms with Gasteiger partial charge in [-0.1, -0.05) is 33.1 Å². The van der Waals surface area contributed by atoms with E-state index in [2.05, 4.69) is 33.8 Å². The van der Waals surface area contributed by atoms with E-state index in [4.69, 9.17) is 16.3 Å². The first-order chi connectivity index (χ1) is 10.6. The third kappa shape index (κ3) is 4.94. The van der Waals surface area contributed by atoms with Crippen molar-refractivity contribution in [3.8, 4) is 28.8 Å². The molecule has 0 unspecified atom stereocenters. The Hall–Kier alpha value is -0.596. The molecule has 1 aromatic heterocycles. The van der Waals surface area contributed by atoms with Crippen molar-refractivity contribution in [2.75, 3.05) is 6.61 Å². The number of pyridine rings is 1. The van der Waals surface area contributed by atoms with E-state index in [0.717, 1.165) is 10.0 Å². The second-order valence-corrected chi connectivity index (χ2v) is 5.65. The second kappa shape index (κ2) is 9.64. The maximum atomic E-state index is 12.1. The molecule has 0 saturated carbocycles. The predicted molar refractivity (Wildman–Crippen MR) is 92.3 cm³/mol. The molecule has 2 aromatic rings. The Morgan fingerprint density at radius 2 is 2.17 bits per heavy atom. The molecule has 0 bridgehead atoms. The topological polar surface area (TPSA) is 31.2 Å². The van der Waals surface area contributed by atoms with Crippen LogP contribution in [0.1, 0.15) is 13.8 Å². The molecule has 0 fully saturated rings. The molecule has 0 aliphatic carbocycles. The zero-order chi connectivity index (χ0) is 16.1. The SMILES string of the molecule is CC#CCOc1ccc(-c2[c-]cc(Cl)c(=O)n2CC)c(Br)c1.[Y]. The van der Waals surface area contributed by atoms with Crippen LogP contribution in [0, 0.1) is 17.9 Å². The molecule has 6 heteroatoms. The van der Waals surface area contributed by atoms with Gasteiger partial charge in [-0.05, 0) is 30.5 Å². The quantitative estimate of drug-likeness (QED) is 0.499. The van der Waals surface area contributed by atoms with Crippen LogP contribution in [-0.4, -0.2) is 11.2 Å². The molecule has 0 spiro atoms. The van der Waals surface area contributed by atoms with Gasteiger partial charge in [0.2, 0.25) is 5.56 Å². The van der Waals surface area contributed by atoms with Gasteiger partial charge in [0.05, 0.1) is 0 Å². The number of aromatic nitrogens is 1. The van der Waals surface area contributed by atoms with Crippen LogP contribution in [0.5, 0.6) is 5.75 Å². The van der Waals surface area contributed by atoms with Crippen molar-refractivity contribution in [3.05, 3.63) is 50.2 Å². The summed E-state index contributed by atoms with van der Waals surface area (Å²) in [4.78, 5) is 12.1. The van der Waals surface area contributed by atoms with Crippen molar-refractivity contribution in [3.63, 3.8) is 0 Å². The molecule has 2 rings (SSSR count). The maximum absolute atomic E-state index is 12.1. The first kappa shape index (κ1) is 20.4. The molecule has 0 N–H and O–H groups in total. The van der Waals surface area contributed by atoms with Crippen LogP contribution in [0.2, 0.25) is 5.02 Å².